The zero-order valence-corrected chi connectivity index (χ0v) is 18.3. The van der Waals surface area contributed by atoms with E-state index in [1.165, 1.54) is 12.1 Å². The maximum atomic E-state index is 13.4. The lowest BCUT2D eigenvalue weighted by Crippen LogP contribution is -2.43. The third-order valence-corrected chi connectivity index (χ3v) is 5.95. The van der Waals surface area contributed by atoms with Gasteiger partial charge in [0.15, 0.2) is 0 Å². The van der Waals surface area contributed by atoms with Gasteiger partial charge < -0.3 is 20.5 Å². The first-order valence-electron chi connectivity index (χ1n) is 11.1. The van der Waals surface area contributed by atoms with Gasteiger partial charge in [-0.1, -0.05) is 19.9 Å². The van der Waals surface area contributed by atoms with Gasteiger partial charge in [-0.15, -0.1) is 0 Å². The summed E-state index contributed by atoms with van der Waals surface area (Å²) < 4.78 is 13.4. The quantitative estimate of drug-likeness (QED) is 0.414. The zero-order chi connectivity index (χ0) is 22.1. The molecule has 0 unspecified atom stereocenters. The van der Waals surface area contributed by atoms with Gasteiger partial charge in [0.2, 0.25) is 0 Å². The monoisotopic (exact) mass is 430 g/mol. The predicted molar refractivity (Wildman–Crippen MR) is 128 cm³/mol. The summed E-state index contributed by atoms with van der Waals surface area (Å²) in [6.07, 6.45) is 3.85. The summed E-state index contributed by atoms with van der Waals surface area (Å²) in [6.45, 7) is 8.16. The molecule has 1 aliphatic rings. The Morgan fingerprint density at radius 2 is 1.81 bits per heavy atom. The van der Waals surface area contributed by atoms with Crippen LogP contribution in [0.2, 0.25) is 0 Å². The van der Waals surface area contributed by atoms with Gasteiger partial charge in [-0.3, -0.25) is 0 Å². The molecule has 1 saturated heterocycles. The Labute approximate surface area is 186 Å². The fourth-order valence-electron chi connectivity index (χ4n) is 4.24. The smallest absolute Gasteiger partial charge is 0.141 e. The minimum Gasteiger partial charge on any atom is -0.367 e. The van der Waals surface area contributed by atoms with E-state index in [9.17, 15) is 4.39 Å². The number of aromatic nitrogens is 3. The van der Waals surface area contributed by atoms with Crippen LogP contribution >= 0.6 is 0 Å². The molecule has 0 bridgehead atoms. The fourth-order valence-corrected chi connectivity index (χ4v) is 4.24. The van der Waals surface area contributed by atoms with Gasteiger partial charge in [-0.2, -0.15) is 0 Å². The molecule has 4 aromatic rings. The second-order valence-electron chi connectivity index (χ2n) is 8.41. The van der Waals surface area contributed by atoms with Crippen molar-refractivity contribution in [2.75, 3.05) is 36.4 Å². The van der Waals surface area contributed by atoms with E-state index in [1.807, 2.05) is 24.5 Å². The molecule has 0 atom stereocenters. The van der Waals surface area contributed by atoms with Crippen molar-refractivity contribution in [2.24, 2.45) is 0 Å². The first kappa shape index (κ1) is 20.5. The molecule has 0 amide bonds. The normalized spacial score (nSPS) is 14.3. The number of halogens is 1. The Hall–Kier alpha value is -3.45. The van der Waals surface area contributed by atoms with E-state index in [1.54, 1.807) is 12.1 Å². The van der Waals surface area contributed by atoms with Crippen molar-refractivity contribution >= 4 is 28.2 Å². The molecular formula is C25H27FN6. The molecule has 4 heterocycles. The van der Waals surface area contributed by atoms with Crippen molar-refractivity contribution in [3.8, 4) is 11.3 Å². The second-order valence-corrected chi connectivity index (χ2v) is 8.41. The molecule has 0 spiro atoms. The molecule has 1 aliphatic heterocycles. The molecule has 1 fully saturated rings. The number of hydrogen-bond acceptors (Lipinski definition) is 5. The highest BCUT2D eigenvalue weighted by Crippen LogP contribution is 2.36. The summed E-state index contributed by atoms with van der Waals surface area (Å²) in [5.41, 5.74) is 5.78. The number of pyridine rings is 2. The van der Waals surface area contributed by atoms with Crippen LogP contribution < -0.4 is 15.5 Å². The van der Waals surface area contributed by atoms with Crippen LogP contribution in [0, 0.1) is 5.82 Å². The number of piperazine rings is 1. The summed E-state index contributed by atoms with van der Waals surface area (Å²) >= 11 is 0. The highest BCUT2D eigenvalue weighted by atomic mass is 19.1. The topological polar surface area (TPSA) is 68.9 Å². The Kier molecular flexibility index (Phi) is 5.49. The number of aromatic amines is 1. The Morgan fingerprint density at radius 3 is 2.56 bits per heavy atom. The van der Waals surface area contributed by atoms with Gasteiger partial charge in [0.05, 0.1) is 22.5 Å². The number of H-pyrrole nitrogens is 1. The van der Waals surface area contributed by atoms with Gasteiger partial charge in [0.1, 0.15) is 17.3 Å². The van der Waals surface area contributed by atoms with Crippen molar-refractivity contribution in [3.05, 3.63) is 66.2 Å². The molecule has 6 nitrogen and oxygen atoms in total. The van der Waals surface area contributed by atoms with Crippen molar-refractivity contribution in [2.45, 2.75) is 19.8 Å². The Morgan fingerprint density at radius 1 is 1.03 bits per heavy atom. The molecule has 5 rings (SSSR count). The molecule has 0 saturated carbocycles. The van der Waals surface area contributed by atoms with Crippen LogP contribution in [0.4, 0.5) is 21.6 Å². The number of hydrogen-bond donors (Lipinski definition) is 3. The van der Waals surface area contributed by atoms with E-state index in [0.29, 0.717) is 5.92 Å². The maximum absolute atomic E-state index is 13.4. The lowest BCUT2D eigenvalue weighted by Gasteiger charge is -2.29. The number of anilines is 3. The van der Waals surface area contributed by atoms with Crippen molar-refractivity contribution in [3.63, 3.8) is 0 Å². The van der Waals surface area contributed by atoms with Gasteiger partial charge in [-0.25, -0.2) is 14.4 Å². The Bertz CT molecular complexity index is 1230. The molecule has 0 aliphatic carbocycles. The SMILES string of the molecule is CC(C)c1ccc(-c2ccc(F)cc2)nc1Nc1ccnc2[nH]cc(N3CCNCC3)c12. The lowest BCUT2D eigenvalue weighted by atomic mass is 10.0. The highest BCUT2D eigenvalue weighted by molar-refractivity contribution is 6.01. The van der Waals surface area contributed by atoms with Crippen LogP contribution in [-0.2, 0) is 0 Å². The minimum atomic E-state index is -0.252. The minimum absolute atomic E-state index is 0.252. The number of rotatable bonds is 5. The molecule has 32 heavy (non-hydrogen) atoms. The molecule has 3 aromatic heterocycles. The van der Waals surface area contributed by atoms with Gasteiger partial charge in [0.25, 0.3) is 0 Å². The molecule has 164 valence electrons. The van der Waals surface area contributed by atoms with E-state index in [4.69, 9.17) is 4.98 Å². The first-order chi connectivity index (χ1) is 15.6. The largest absolute Gasteiger partial charge is 0.367 e. The summed E-state index contributed by atoms with van der Waals surface area (Å²) in [5, 5.41) is 8.07. The molecule has 3 N–H and O–H groups in total. The van der Waals surface area contributed by atoms with Crippen LogP contribution in [0.3, 0.4) is 0 Å². The predicted octanol–water partition coefficient (Wildman–Crippen LogP) is 5.04. The summed E-state index contributed by atoms with van der Waals surface area (Å²) in [4.78, 5) is 15.2. The average molecular weight is 431 g/mol. The van der Waals surface area contributed by atoms with Gasteiger partial charge in [-0.05, 0) is 47.9 Å². The van der Waals surface area contributed by atoms with Crippen LogP contribution in [0.15, 0.2) is 54.9 Å². The van der Waals surface area contributed by atoms with Crippen LogP contribution in [-0.4, -0.2) is 41.1 Å². The third kappa shape index (κ3) is 3.91. The summed E-state index contributed by atoms with van der Waals surface area (Å²) in [7, 11) is 0. The van der Waals surface area contributed by atoms with E-state index in [0.717, 1.165) is 71.2 Å². The highest BCUT2D eigenvalue weighted by Gasteiger charge is 2.19. The van der Waals surface area contributed by atoms with Crippen molar-refractivity contribution in [1.29, 1.82) is 0 Å². The Balaban J connectivity index is 1.57. The van der Waals surface area contributed by atoms with Gasteiger partial charge in [0, 0.05) is 44.1 Å². The molecular weight excluding hydrogens is 403 g/mol. The molecule has 1 aromatic carbocycles. The fraction of sp³-hybridized carbons (Fsp3) is 0.280. The van der Waals surface area contributed by atoms with Crippen molar-refractivity contribution < 1.29 is 4.39 Å². The van der Waals surface area contributed by atoms with Crippen LogP contribution in [0.25, 0.3) is 22.3 Å². The van der Waals surface area contributed by atoms with Crippen LogP contribution in [0.5, 0.6) is 0 Å². The van der Waals surface area contributed by atoms with E-state index in [2.05, 4.69) is 45.4 Å². The summed E-state index contributed by atoms with van der Waals surface area (Å²) in [5.74, 6) is 0.850. The standard InChI is InChI=1S/C25H27FN6/c1-16(2)19-7-8-20(17-3-5-18(26)6-4-17)30-24(19)31-21-9-10-28-25-23(21)22(15-29-25)32-13-11-27-12-14-32/h3-10,15-16,27H,11-14H2,1-2H3,(H2,28,29,30,31). The number of fused-ring (bicyclic) bond motifs is 1. The van der Waals surface area contributed by atoms with Crippen LogP contribution in [0.1, 0.15) is 25.3 Å². The number of nitrogens with one attached hydrogen (secondary N) is 3. The number of benzene rings is 1. The third-order valence-electron chi connectivity index (χ3n) is 5.95. The molecule has 7 heteroatoms. The maximum Gasteiger partial charge on any atom is 0.141 e. The van der Waals surface area contributed by atoms with Crippen molar-refractivity contribution in [1.82, 2.24) is 20.3 Å². The second kappa shape index (κ2) is 8.59. The van der Waals surface area contributed by atoms with E-state index >= 15 is 0 Å². The lowest BCUT2D eigenvalue weighted by molar-refractivity contribution is 0.590. The first-order valence-corrected chi connectivity index (χ1v) is 11.1. The summed E-state index contributed by atoms with van der Waals surface area (Å²) in [6, 6.07) is 12.5. The van der Waals surface area contributed by atoms with E-state index < -0.39 is 0 Å². The zero-order valence-electron chi connectivity index (χ0n) is 18.3. The average Bonchev–Trinajstić information content (AvgIpc) is 3.25. The molecule has 0 radical (unpaired) electrons. The number of nitrogens with zero attached hydrogens (tertiary/aromatic N) is 3. The van der Waals surface area contributed by atoms with Gasteiger partial charge >= 0.3 is 0 Å². The van der Waals surface area contributed by atoms with E-state index in [-0.39, 0.29) is 5.82 Å².